The second kappa shape index (κ2) is 9.99. The number of hydrogen-bond donors (Lipinski definition) is 2. The first-order chi connectivity index (χ1) is 15.2. The summed E-state index contributed by atoms with van der Waals surface area (Å²) in [6, 6.07) is 16.5. The molecule has 0 bridgehead atoms. The van der Waals surface area contributed by atoms with E-state index in [0.717, 1.165) is 11.6 Å². The maximum absolute atomic E-state index is 13.0. The van der Waals surface area contributed by atoms with Crippen LogP contribution in [0.15, 0.2) is 76.7 Å². The number of nitrogens with zero attached hydrogens (tertiary/aromatic N) is 2. The molecule has 3 aromatic carbocycles. The number of non-ortho nitro benzene ring substituents is 1. The number of anilines is 2. The minimum absolute atomic E-state index is 0.0805. The van der Waals surface area contributed by atoms with Gasteiger partial charge in [0.1, 0.15) is 4.90 Å². The molecule has 0 atom stereocenters. The zero-order chi connectivity index (χ0) is 23.3. The Labute approximate surface area is 195 Å². The number of hydrogen-bond acceptors (Lipinski definition) is 6. The quantitative estimate of drug-likeness (QED) is 0.229. The molecule has 0 saturated heterocycles. The van der Waals surface area contributed by atoms with E-state index in [2.05, 4.69) is 15.2 Å². The summed E-state index contributed by atoms with van der Waals surface area (Å²) in [4.78, 5) is 10.2. The molecule has 166 valence electrons. The van der Waals surface area contributed by atoms with E-state index >= 15 is 0 Å². The van der Waals surface area contributed by atoms with Crippen LogP contribution in [0.25, 0.3) is 0 Å². The first-order valence-corrected chi connectivity index (χ1v) is 11.6. The molecule has 0 saturated carbocycles. The van der Waals surface area contributed by atoms with Crippen molar-refractivity contribution in [2.75, 3.05) is 10.1 Å². The smallest absolute Gasteiger partial charge is 0.270 e. The standard InChI is InChI=1S/C21H18Cl2N4O4S/c1-2-19(14-3-5-15(22)6-4-14)24-25-20-12-11-18(27(28)29)13-21(20)32(30,31)26-17-9-7-16(23)8-10-17/h3-13,25-26H,2H2,1H3. The van der Waals surface area contributed by atoms with Crippen LogP contribution in [0.5, 0.6) is 0 Å². The van der Waals surface area contributed by atoms with E-state index in [1.807, 2.05) is 6.92 Å². The Bertz CT molecular complexity index is 1260. The number of benzene rings is 3. The molecule has 0 radical (unpaired) electrons. The Morgan fingerprint density at radius 3 is 2.16 bits per heavy atom. The molecular weight excluding hydrogens is 475 g/mol. The van der Waals surface area contributed by atoms with Gasteiger partial charge in [-0.3, -0.25) is 20.3 Å². The van der Waals surface area contributed by atoms with Crippen molar-refractivity contribution in [3.8, 4) is 0 Å². The maximum Gasteiger partial charge on any atom is 0.270 e. The summed E-state index contributed by atoms with van der Waals surface area (Å²) in [6.45, 7) is 1.89. The predicted molar refractivity (Wildman–Crippen MR) is 127 cm³/mol. The van der Waals surface area contributed by atoms with Crippen molar-refractivity contribution in [3.05, 3.63) is 92.5 Å². The molecule has 32 heavy (non-hydrogen) atoms. The topological polar surface area (TPSA) is 114 Å². The summed E-state index contributed by atoms with van der Waals surface area (Å²) in [5.41, 5.74) is 4.15. The van der Waals surface area contributed by atoms with Crippen molar-refractivity contribution in [2.24, 2.45) is 5.10 Å². The van der Waals surface area contributed by atoms with Gasteiger partial charge in [0.2, 0.25) is 0 Å². The van der Waals surface area contributed by atoms with E-state index < -0.39 is 14.9 Å². The van der Waals surface area contributed by atoms with E-state index in [4.69, 9.17) is 23.2 Å². The summed E-state index contributed by atoms with van der Waals surface area (Å²) >= 11 is 11.8. The second-order valence-electron chi connectivity index (χ2n) is 6.58. The van der Waals surface area contributed by atoms with Crippen LogP contribution in [0.1, 0.15) is 18.9 Å². The average Bonchev–Trinajstić information content (AvgIpc) is 2.76. The van der Waals surface area contributed by atoms with Crippen LogP contribution in [0.3, 0.4) is 0 Å². The van der Waals surface area contributed by atoms with Crippen LogP contribution in [0.4, 0.5) is 17.1 Å². The highest BCUT2D eigenvalue weighted by molar-refractivity contribution is 7.92. The van der Waals surface area contributed by atoms with Crippen molar-refractivity contribution < 1.29 is 13.3 Å². The van der Waals surface area contributed by atoms with Crippen LogP contribution >= 0.6 is 23.2 Å². The van der Waals surface area contributed by atoms with Gasteiger partial charge in [0.05, 0.1) is 16.3 Å². The molecule has 11 heteroatoms. The van der Waals surface area contributed by atoms with E-state index in [1.165, 1.54) is 36.4 Å². The molecule has 8 nitrogen and oxygen atoms in total. The summed E-state index contributed by atoms with van der Waals surface area (Å²) in [6.07, 6.45) is 0.548. The third-order valence-corrected chi connectivity index (χ3v) is 6.31. The molecule has 0 heterocycles. The Morgan fingerprint density at radius 1 is 1.00 bits per heavy atom. The van der Waals surface area contributed by atoms with Gasteiger partial charge in [-0.15, -0.1) is 0 Å². The predicted octanol–water partition coefficient (Wildman–Crippen LogP) is 5.93. The number of rotatable bonds is 8. The number of halogens is 2. The molecule has 0 fully saturated rings. The molecule has 0 unspecified atom stereocenters. The van der Waals surface area contributed by atoms with Crippen LogP contribution < -0.4 is 10.1 Å². The Balaban J connectivity index is 1.99. The molecule has 0 amide bonds. The molecule has 0 aliphatic rings. The van der Waals surface area contributed by atoms with E-state index in [0.29, 0.717) is 22.2 Å². The fourth-order valence-electron chi connectivity index (χ4n) is 2.79. The zero-order valence-electron chi connectivity index (χ0n) is 16.7. The number of hydrazone groups is 1. The average molecular weight is 493 g/mol. The van der Waals surface area contributed by atoms with Gasteiger partial charge in [-0.25, -0.2) is 8.42 Å². The van der Waals surface area contributed by atoms with Gasteiger partial charge in [0.25, 0.3) is 15.7 Å². The van der Waals surface area contributed by atoms with Gasteiger partial charge < -0.3 is 0 Å². The first-order valence-electron chi connectivity index (χ1n) is 9.35. The van der Waals surface area contributed by atoms with E-state index in [1.54, 1.807) is 24.3 Å². The molecule has 2 N–H and O–H groups in total. The largest absolute Gasteiger partial charge is 0.280 e. The SMILES string of the molecule is CCC(=NNc1ccc([N+](=O)[O-])cc1S(=O)(=O)Nc1ccc(Cl)cc1)c1ccc(Cl)cc1. The Morgan fingerprint density at radius 2 is 1.59 bits per heavy atom. The van der Waals surface area contributed by atoms with Crippen LogP contribution in [0.2, 0.25) is 10.0 Å². The monoisotopic (exact) mass is 492 g/mol. The van der Waals surface area contributed by atoms with Crippen LogP contribution in [-0.2, 0) is 10.0 Å². The summed E-state index contributed by atoms with van der Waals surface area (Å²) < 4.78 is 28.5. The van der Waals surface area contributed by atoms with Crippen molar-refractivity contribution in [2.45, 2.75) is 18.2 Å². The maximum atomic E-state index is 13.0. The van der Waals surface area contributed by atoms with Gasteiger partial charge in [-0.2, -0.15) is 5.10 Å². The van der Waals surface area contributed by atoms with Crippen molar-refractivity contribution >= 4 is 56.0 Å². The Hall–Kier alpha value is -3.14. The Kier molecular flexibility index (Phi) is 7.34. The fourth-order valence-corrected chi connectivity index (χ4v) is 4.27. The molecule has 3 rings (SSSR count). The molecule has 0 aliphatic carbocycles. The molecule has 3 aromatic rings. The summed E-state index contributed by atoms with van der Waals surface area (Å²) in [5.74, 6) is 0. The van der Waals surface area contributed by atoms with Crippen molar-refractivity contribution in [1.29, 1.82) is 0 Å². The highest BCUT2D eigenvalue weighted by atomic mass is 35.5. The highest BCUT2D eigenvalue weighted by Gasteiger charge is 2.23. The lowest BCUT2D eigenvalue weighted by molar-refractivity contribution is -0.385. The summed E-state index contributed by atoms with van der Waals surface area (Å²) in [7, 11) is -4.18. The second-order valence-corrected chi connectivity index (χ2v) is 9.10. The number of sulfonamides is 1. The molecule has 0 spiro atoms. The normalized spacial score (nSPS) is 11.8. The molecule has 0 aromatic heterocycles. The van der Waals surface area contributed by atoms with Crippen LogP contribution in [0, 0.1) is 10.1 Å². The lowest BCUT2D eigenvalue weighted by atomic mass is 10.1. The number of nitro benzene ring substituents is 1. The van der Waals surface area contributed by atoms with Gasteiger partial charge in [0.15, 0.2) is 0 Å². The lowest BCUT2D eigenvalue weighted by Gasteiger charge is -2.13. The molecular formula is C21H18Cl2N4O4S. The third-order valence-electron chi connectivity index (χ3n) is 4.39. The van der Waals surface area contributed by atoms with Crippen molar-refractivity contribution in [1.82, 2.24) is 0 Å². The minimum atomic E-state index is -4.18. The lowest BCUT2D eigenvalue weighted by Crippen LogP contribution is -2.15. The van der Waals surface area contributed by atoms with E-state index in [-0.39, 0.29) is 22.0 Å². The molecule has 0 aliphatic heterocycles. The summed E-state index contributed by atoms with van der Waals surface area (Å²) in [5, 5.41) is 16.6. The first kappa shape index (κ1) is 23.5. The number of nitro groups is 1. The van der Waals surface area contributed by atoms with E-state index in [9.17, 15) is 18.5 Å². The van der Waals surface area contributed by atoms with Crippen molar-refractivity contribution in [3.63, 3.8) is 0 Å². The minimum Gasteiger partial charge on any atom is -0.280 e. The van der Waals surface area contributed by atoms with Gasteiger partial charge >= 0.3 is 0 Å². The van der Waals surface area contributed by atoms with Gasteiger partial charge in [0, 0.05) is 27.9 Å². The van der Waals surface area contributed by atoms with Crippen LogP contribution in [-0.4, -0.2) is 19.1 Å². The number of nitrogens with one attached hydrogen (secondary N) is 2. The highest BCUT2D eigenvalue weighted by Crippen LogP contribution is 2.29. The zero-order valence-corrected chi connectivity index (χ0v) is 19.1. The van der Waals surface area contributed by atoms with Gasteiger partial charge in [-0.05, 0) is 54.4 Å². The van der Waals surface area contributed by atoms with Gasteiger partial charge in [-0.1, -0.05) is 42.3 Å². The fraction of sp³-hybridized carbons (Fsp3) is 0.0952. The third kappa shape index (κ3) is 5.76.